The van der Waals surface area contributed by atoms with Gasteiger partial charge in [-0.2, -0.15) is 0 Å². The monoisotopic (exact) mass is 256 g/mol. The Kier molecular flexibility index (Phi) is 4.39. The van der Waals surface area contributed by atoms with Crippen LogP contribution in [0.2, 0.25) is 0 Å². The topological polar surface area (TPSA) is 42.0 Å². The molecule has 0 aliphatic carbocycles. The van der Waals surface area contributed by atoms with E-state index in [-0.39, 0.29) is 11.7 Å². The highest BCUT2D eigenvalue weighted by Crippen LogP contribution is 2.07. The Bertz CT molecular complexity index is 582. The number of aromatic nitrogens is 1. The van der Waals surface area contributed by atoms with Gasteiger partial charge in [0, 0.05) is 30.6 Å². The summed E-state index contributed by atoms with van der Waals surface area (Å²) in [6, 6.07) is 9.96. The summed E-state index contributed by atoms with van der Waals surface area (Å²) in [4.78, 5) is 15.5. The van der Waals surface area contributed by atoms with Crippen molar-refractivity contribution in [1.82, 2.24) is 10.3 Å². The van der Waals surface area contributed by atoms with Gasteiger partial charge in [0.2, 0.25) is 5.91 Å². The van der Waals surface area contributed by atoms with Crippen LogP contribution in [0.25, 0.3) is 6.08 Å². The molecule has 0 unspecified atom stereocenters. The van der Waals surface area contributed by atoms with E-state index in [1.165, 1.54) is 18.2 Å². The second kappa shape index (κ2) is 6.44. The van der Waals surface area contributed by atoms with Crippen LogP contribution in [0, 0.1) is 5.82 Å². The molecule has 0 atom stereocenters. The van der Waals surface area contributed by atoms with Gasteiger partial charge in [-0.3, -0.25) is 9.78 Å². The van der Waals surface area contributed by atoms with Gasteiger partial charge in [-0.25, -0.2) is 4.39 Å². The zero-order chi connectivity index (χ0) is 13.5. The van der Waals surface area contributed by atoms with Gasteiger partial charge in [-0.05, 0) is 23.8 Å². The Hall–Kier alpha value is -2.49. The summed E-state index contributed by atoms with van der Waals surface area (Å²) in [5.74, 6) is -0.620. The highest BCUT2D eigenvalue weighted by Gasteiger charge is 1.99. The minimum Gasteiger partial charge on any atom is -0.348 e. The number of nitrogens with one attached hydrogen (secondary N) is 1. The molecule has 0 aliphatic rings. The van der Waals surface area contributed by atoms with Crippen molar-refractivity contribution in [3.8, 4) is 0 Å². The number of nitrogens with zero attached hydrogens (tertiary/aromatic N) is 1. The zero-order valence-electron chi connectivity index (χ0n) is 10.2. The maximum atomic E-state index is 13.3. The van der Waals surface area contributed by atoms with Crippen LogP contribution in [-0.4, -0.2) is 10.9 Å². The van der Waals surface area contributed by atoms with E-state index in [0.29, 0.717) is 12.1 Å². The van der Waals surface area contributed by atoms with Gasteiger partial charge in [-0.15, -0.1) is 0 Å². The van der Waals surface area contributed by atoms with Gasteiger partial charge in [0.15, 0.2) is 0 Å². The molecule has 19 heavy (non-hydrogen) atoms. The number of hydrogen-bond acceptors (Lipinski definition) is 2. The van der Waals surface area contributed by atoms with Crippen molar-refractivity contribution in [2.24, 2.45) is 0 Å². The summed E-state index contributed by atoms with van der Waals surface area (Å²) < 4.78 is 13.3. The fraction of sp³-hybridized carbons (Fsp3) is 0.0667. The highest BCUT2D eigenvalue weighted by atomic mass is 19.1. The Morgan fingerprint density at radius 1 is 1.26 bits per heavy atom. The molecule has 4 heteroatoms. The molecule has 96 valence electrons. The lowest BCUT2D eigenvalue weighted by atomic mass is 10.2. The SMILES string of the molecule is O=C(/C=C/c1ccccc1F)NCc1cccnc1. The number of amides is 1. The number of rotatable bonds is 4. The van der Waals surface area contributed by atoms with E-state index in [4.69, 9.17) is 0 Å². The fourth-order valence-electron chi connectivity index (χ4n) is 1.53. The van der Waals surface area contributed by atoms with Gasteiger partial charge in [0.05, 0.1) is 0 Å². The maximum absolute atomic E-state index is 13.3. The normalized spacial score (nSPS) is 10.6. The van der Waals surface area contributed by atoms with E-state index in [1.807, 2.05) is 6.07 Å². The third-order valence-electron chi connectivity index (χ3n) is 2.51. The number of hydrogen-bond donors (Lipinski definition) is 1. The smallest absolute Gasteiger partial charge is 0.244 e. The third-order valence-corrected chi connectivity index (χ3v) is 2.51. The van der Waals surface area contributed by atoms with Gasteiger partial charge < -0.3 is 5.32 Å². The lowest BCUT2D eigenvalue weighted by Crippen LogP contribution is -2.20. The predicted octanol–water partition coefficient (Wildman–Crippen LogP) is 2.55. The minimum atomic E-state index is -0.348. The van der Waals surface area contributed by atoms with Crippen molar-refractivity contribution in [2.75, 3.05) is 0 Å². The van der Waals surface area contributed by atoms with E-state index < -0.39 is 0 Å². The Labute approximate surface area is 110 Å². The molecular formula is C15H13FN2O. The van der Waals surface area contributed by atoms with Crippen molar-refractivity contribution in [3.63, 3.8) is 0 Å². The van der Waals surface area contributed by atoms with Crippen LogP contribution in [0.5, 0.6) is 0 Å². The molecule has 1 amide bonds. The first kappa shape index (κ1) is 13.0. The molecule has 0 fully saturated rings. The number of benzene rings is 1. The summed E-state index contributed by atoms with van der Waals surface area (Å²) in [6.45, 7) is 0.397. The van der Waals surface area contributed by atoms with Crippen LogP contribution in [-0.2, 0) is 11.3 Å². The van der Waals surface area contributed by atoms with Crippen molar-refractivity contribution >= 4 is 12.0 Å². The van der Waals surface area contributed by atoms with E-state index in [2.05, 4.69) is 10.3 Å². The lowest BCUT2D eigenvalue weighted by Gasteiger charge is -2.01. The molecule has 0 saturated heterocycles. The molecule has 1 aromatic heterocycles. The summed E-state index contributed by atoms with van der Waals surface area (Å²) in [5, 5.41) is 2.70. The average Bonchev–Trinajstić information content (AvgIpc) is 2.45. The van der Waals surface area contributed by atoms with Gasteiger partial charge in [0.25, 0.3) is 0 Å². The Morgan fingerprint density at radius 2 is 2.11 bits per heavy atom. The van der Waals surface area contributed by atoms with Gasteiger partial charge in [0.1, 0.15) is 5.82 Å². The van der Waals surface area contributed by atoms with E-state index >= 15 is 0 Å². The molecule has 1 N–H and O–H groups in total. The number of pyridine rings is 1. The molecule has 1 aromatic carbocycles. The number of halogens is 1. The first-order valence-corrected chi connectivity index (χ1v) is 5.85. The largest absolute Gasteiger partial charge is 0.348 e. The second-order valence-corrected chi connectivity index (χ2v) is 3.93. The van der Waals surface area contributed by atoms with Crippen molar-refractivity contribution in [1.29, 1.82) is 0 Å². The first-order valence-electron chi connectivity index (χ1n) is 5.85. The predicted molar refractivity (Wildman–Crippen MR) is 71.5 cm³/mol. The molecule has 0 radical (unpaired) electrons. The van der Waals surface area contributed by atoms with Gasteiger partial charge >= 0.3 is 0 Å². The van der Waals surface area contributed by atoms with E-state index in [1.54, 1.807) is 36.7 Å². The average molecular weight is 256 g/mol. The summed E-state index contributed by atoms with van der Waals surface area (Å²) in [6.07, 6.45) is 6.12. The van der Waals surface area contributed by atoms with Crippen LogP contribution >= 0.6 is 0 Å². The molecule has 1 heterocycles. The fourth-order valence-corrected chi connectivity index (χ4v) is 1.53. The van der Waals surface area contributed by atoms with Crippen LogP contribution in [0.1, 0.15) is 11.1 Å². The molecule has 0 spiro atoms. The molecule has 0 bridgehead atoms. The quantitative estimate of drug-likeness (QED) is 0.854. The van der Waals surface area contributed by atoms with Crippen molar-refractivity contribution < 1.29 is 9.18 Å². The van der Waals surface area contributed by atoms with Crippen LogP contribution in [0.3, 0.4) is 0 Å². The molecule has 0 saturated carbocycles. The third kappa shape index (κ3) is 4.03. The first-order chi connectivity index (χ1) is 9.25. The molecule has 0 aliphatic heterocycles. The molecule has 2 rings (SSSR count). The molecule has 3 nitrogen and oxygen atoms in total. The van der Waals surface area contributed by atoms with Crippen molar-refractivity contribution in [3.05, 3.63) is 71.8 Å². The van der Waals surface area contributed by atoms with Crippen LogP contribution in [0.15, 0.2) is 54.9 Å². The zero-order valence-corrected chi connectivity index (χ0v) is 10.2. The summed E-state index contributed by atoms with van der Waals surface area (Å²) in [7, 11) is 0. The number of carbonyl (C=O) groups is 1. The standard InChI is InChI=1S/C15H13FN2O/c16-14-6-2-1-5-13(14)7-8-15(19)18-11-12-4-3-9-17-10-12/h1-10H,11H2,(H,18,19)/b8-7+. The van der Waals surface area contributed by atoms with E-state index in [9.17, 15) is 9.18 Å². The summed E-state index contributed by atoms with van der Waals surface area (Å²) in [5.41, 5.74) is 1.30. The van der Waals surface area contributed by atoms with Crippen LogP contribution in [0.4, 0.5) is 4.39 Å². The Balaban J connectivity index is 1.90. The van der Waals surface area contributed by atoms with E-state index in [0.717, 1.165) is 5.56 Å². The highest BCUT2D eigenvalue weighted by molar-refractivity contribution is 5.91. The lowest BCUT2D eigenvalue weighted by molar-refractivity contribution is -0.116. The van der Waals surface area contributed by atoms with Gasteiger partial charge in [-0.1, -0.05) is 24.3 Å². The van der Waals surface area contributed by atoms with Crippen LogP contribution < -0.4 is 5.32 Å². The summed E-state index contributed by atoms with van der Waals surface area (Å²) >= 11 is 0. The minimum absolute atomic E-state index is 0.271. The maximum Gasteiger partial charge on any atom is 0.244 e. The number of carbonyl (C=O) groups excluding carboxylic acids is 1. The molecule has 2 aromatic rings. The van der Waals surface area contributed by atoms with Crippen molar-refractivity contribution in [2.45, 2.75) is 6.54 Å². The Morgan fingerprint density at radius 3 is 2.84 bits per heavy atom. The molecular weight excluding hydrogens is 243 g/mol. The second-order valence-electron chi connectivity index (χ2n) is 3.93.